The summed E-state index contributed by atoms with van der Waals surface area (Å²) >= 11 is 0. The molecule has 1 atom stereocenters. The van der Waals surface area contributed by atoms with E-state index in [1.807, 2.05) is 0 Å². The van der Waals surface area contributed by atoms with Gasteiger partial charge in [0.2, 0.25) is 0 Å². The van der Waals surface area contributed by atoms with E-state index >= 15 is 0 Å². The molecule has 7 nitrogen and oxygen atoms in total. The highest BCUT2D eigenvalue weighted by atomic mass is 31.2. The van der Waals surface area contributed by atoms with Gasteiger partial charge in [-0.05, 0) is 6.42 Å². The standard InChI is InChI=1S/C24H48NO6P/c1-2-3-4-5-6-7-8-9-10-11-12-13-14-15-16-17-24(26)30-22-23-31-32(27,28)25-18-20-29-21-19-25/h2-23H2,1H3,(H,27,28). The van der Waals surface area contributed by atoms with Crippen molar-refractivity contribution in [3.63, 3.8) is 0 Å². The zero-order valence-corrected chi connectivity index (χ0v) is 21.3. The van der Waals surface area contributed by atoms with Crippen LogP contribution in [0.2, 0.25) is 0 Å². The van der Waals surface area contributed by atoms with Gasteiger partial charge >= 0.3 is 13.7 Å². The first-order valence-electron chi connectivity index (χ1n) is 13.0. The van der Waals surface area contributed by atoms with E-state index in [2.05, 4.69) is 6.92 Å². The summed E-state index contributed by atoms with van der Waals surface area (Å²) in [6.45, 7) is 3.77. The van der Waals surface area contributed by atoms with Crippen LogP contribution in [0.5, 0.6) is 0 Å². The molecule has 1 N–H and O–H groups in total. The fraction of sp³-hybridized carbons (Fsp3) is 0.958. The Morgan fingerprint density at radius 2 is 1.28 bits per heavy atom. The second-order valence-corrected chi connectivity index (χ2v) is 10.6. The highest BCUT2D eigenvalue weighted by Crippen LogP contribution is 2.46. The molecule has 1 aliphatic rings. The van der Waals surface area contributed by atoms with Gasteiger partial charge in [0.25, 0.3) is 0 Å². The first-order valence-corrected chi connectivity index (χ1v) is 14.6. The number of hydrogen-bond donors (Lipinski definition) is 1. The Kier molecular flexibility index (Phi) is 18.4. The van der Waals surface area contributed by atoms with Gasteiger partial charge in [0.15, 0.2) is 0 Å². The number of nitrogens with zero attached hydrogens (tertiary/aromatic N) is 1. The van der Waals surface area contributed by atoms with Gasteiger partial charge in [0, 0.05) is 19.5 Å². The minimum Gasteiger partial charge on any atom is -0.463 e. The predicted molar refractivity (Wildman–Crippen MR) is 129 cm³/mol. The molecule has 1 fully saturated rings. The van der Waals surface area contributed by atoms with E-state index in [0.29, 0.717) is 32.7 Å². The van der Waals surface area contributed by atoms with Gasteiger partial charge in [-0.25, -0.2) is 9.24 Å². The van der Waals surface area contributed by atoms with Crippen molar-refractivity contribution in [2.24, 2.45) is 0 Å². The van der Waals surface area contributed by atoms with Crippen LogP contribution in [-0.4, -0.2) is 55.1 Å². The lowest BCUT2D eigenvalue weighted by Gasteiger charge is -2.29. The summed E-state index contributed by atoms with van der Waals surface area (Å²) < 4.78 is 28.8. The van der Waals surface area contributed by atoms with Crippen LogP contribution in [0.3, 0.4) is 0 Å². The molecule has 0 bridgehead atoms. The van der Waals surface area contributed by atoms with Crippen LogP contribution in [0.4, 0.5) is 0 Å². The molecule has 0 spiro atoms. The zero-order valence-electron chi connectivity index (χ0n) is 20.4. The van der Waals surface area contributed by atoms with Gasteiger partial charge < -0.3 is 14.4 Å². The summed E-state index contributed by atoms with van der Waals surface area (Å²) in [5.74, 6) is -0.262. The molecule has 0 amide bonds. The molecule has 1 heterocycles. The third kappa shape index (κ3) is 16.2. The lowest BCUT2D eigenvalue weighted by Crippen LogP contribution is -2.34. The third-order valence-electron chi connectivity index (χ3n) is 5.94. The minimum absolute atomic E-state index is 0.00641. The first-order chi connectivity index (χ1) is 15.6. The van der Waals surface area contributed by atoms with Crippen LogP contribution in [0.15, 0.2) is 0 Å². The van der Waals surface area contributed by atoms with Crippen LogP contribution in [0.1, 0.15) is 110 Å². The molecule has 1 unspecified atom stereocenters. The van der Waals surface area contributed by atoms with Gasteiger partial charge in [0.05, 0.1) is 19.8 Å². The monoisotopic (exact) mass is 477 g/mol. The molecule has 0 aromatic carbocycles. The van der Waals surface area contributed by atoms with Gasteiger partial charge in [-0.3, -0.25) is 9.32 Å². The zero-order chi connectivity index (χ0) is 23.3. The average molecular weight is 478 g/mol. The Balaban J connectivity index is 1.82. The highest BCUT2D eigenvalue weighted by Gasteiger charge is 2.30. The number of hydrogen-bond acceptors (Lipinski definition) is 5. The number of carbonyl (C=O) groups excluding carboxylic acids is 1. The van der Waals surface area contributed by atoms with Crippen LogP contribution in [0, 0.1) is 0 Å². The van der Waals surface area contributed by atoms with E-state index in [1.54, 1.807) is 0 Å². The molecule has 1 rings (SSSR count). The smallest absolute Gasteiger partial charge is 0.405 e. The summed E-state index contributed by atoms with van der Waals surface area (Å²) in [5, 5.41) is 0. The van der Waals surface area contributed by atoms with E-state index in [-0.39, 0.29) is 19.2 Å². The summed E-state index contributed by atoms with van der Waals surface area (Å²) in [4.78, 5) is 21.7. The topological polar surface area (TPSA) is 85.3 Å². The van der Waals surface area contributed by atoms with Crippen LogP contribution >= 0.6 is 7.75 Å². The molecular weight excluding hydrogens is 429 g/mol. The van der Waals surface area contributed by atoms with Gasteiger partial charge in [-0.15, -0.1) is 0 Å². The Bertz CT molecular complexity index is 499. The summed E-state index contributed by atoms with van der Waals surface area (Å²) in [6, 6.07) is 0. The quantitative estimate of drug-likeness (QED) is 0.119. The lowest BCUT2D eigenvalue weighted by molar-refractivity contribution is -0.144. The second kappa shape index (κ2) is 20.0. The molecule has 190 valence electrons. The second-order valence-electron chi connectivity index (χ2n) is 8.81. The Morgan fingerprint density at radius 3 is 1.78 bits per heavy atom. The van der Waals surface area contributed by atoms with E-state index in [9.17, 15) is 14.3 Å². The number of esters is 1. The van der Waals surface area contributed by atoms with Crippen molar-refractivity contribution in [2.45, 2.75) is 110 Å². The van der Waals surface area contributed by atoms with E-state index in [1.165, 1.54) is 88.1 Å². The van der Waals surface area contributed by atoms with Gasteiger partial charge in [-0.1, -0.05) is 96.8 Å². The summed E-state index contributed by atoms with van der Waals surface area (Å²) in [6.07, 6.45) is 19.8. The van der Waals surface area contributed by atoms with Crippen LogP contribution in [0.25, 0.3) is 0 Å². The largest absolute Gasteiger partial charge is 0.463 e. The van der Waals surface area contributed by atoms with E-state index in [0.717, 1.165) is 12.8 Å². The Hall–Kier alpha value is -0.460. The number of morpholine rings is 1. The van der Waals surface area contributed by atoms with Crippen LogP contribution < -0.4 is 0 Å². The van der Waals surface area contributed by atoms with Crippen molar-refractivity contribution in [1.82, 2.24) is 4.67 Å². The van der Waals surface area contributed by atoms with E-state index in [4.69, 9.17) is 14.0 Å². The average Bonchev–Trinajstić information content (AvgIpc) is 2.80. The molecule has 0 saturated carbocycles. The SMILES string of the molecule is CCCCCCCCCCCCCCCCCC(=O)OCCOP(=O)(O)N1CCOCC1. The summed E-state index contributed by atoms with van der Waals surface area (Å²) in [7, 11) is -3.82. The fourth-order valence-corrected chi connectivity index (χ4v) is 5.06. The maximum absolute atomic E-state index is 12.1. The van der Waals surface area contributed by atoms with Crippen molar-refractivity contribution in [1.29, 1.82) is 0 Å². The van der Waals surface area contributed by atoms with Crippen molar-refractivity contribution in [3.8, 4) is 0 Å². The maximum Gasteiger partial charge on any atom is 0.405 e. The highest BCUT2D eigenvalue weighted by molar-refractivity contribution is 7.50. The van der Waals surface area contributed by atoms with E-state index < -0.39 is 7.75 Å². The van der Waals surface area contributed by atoms with Gasteiger partial charge in [0.1, 0.15) is 6.61 Å². The van der Waals surface area contributed by atoms with Crippen molar-refractivity contribution in [2.75, 3.05) is 39.5 Å². The molecule has 1 aliphatic heterocycles. The third-order valence-corrected chi connectivity index (χ3v) is 7.57. The molecule has 32 heavy (non-hydrogen) atoms. The number of unbranched alkanes of at least 4 members (excludes halogenated alkanes) is 14. The Morgan fingerprint density at radius 1 is 0.812 bits per heavy atom. The van der Waals surface area contributed by atoms with Crippen LogP contribution in [-0.2, 0) is 23.4 Å². The molecule has 0 aromatic heterocycles. The minimum atomic E-state index is -3.82. The predicted octanol–water partition coefficient (Wildman–Crippen LogP) is 6.24. The molecule has 0 aliphatic carbocycles. The maximum atomic E-state index is 12.1. The molecular formula is C24H48NO6P. The number of carbonyl (C=O) groups is 1. The molecule has 0 radical (unpaired) electrons. The molecule has 0 aromatic rings. The first kappa shape index (κ1) is 29.6. The van der Waals surface area contributed by atoms with Crippen molar-refractivity contribution in [3.05, 3.63) is 0 Å². The normalized spacial score (nSPS) is 16.7. The van der Waals surface area contributed by atoms with Gasteiger partial charge in [-0.2, -0.15) is 0 Å². The Labute approximate surface area is 196 Å². The summed E-state index contributed by atoms with van der Waals surface area (Å²) in [5.41, 5.74) is 0. The van der Waals surface area contributed by atoms with Crippen molar-refractivity contribution >= 4 is 13.7 Å². The molecule has 8 heteroatoms. The van der Waals surface area contributed by atoms with Crippen molar-refractivity contribution < 1.29 is 28.3 Å². The number of rotatable bonds is 21. The lowest BCUT2D eigenvalue weighted by atomic mass is 10.0. The number of ether oxygens (including phenoxy) is 2. The fourth-order valence-electron chi connectivity index (χ4n) is 3.91. The molecule has 1 saturated heterocycles.